The van der Waals surface area contributed by atoms with Crippen LogP contribution in [0.5, 0.6) is 0 Å². The largest absolute Gasteiger partial charge is 0.444 e. The van der Waals surface area contributed by atoms with Crippen LogP contribution in [0, 0.1) is 12.8 Å². The van der Waals surface area contributed by atoms with Crippen LogP contribution in [0.1, 0.15) is 36.9 Å². The van der Waals surface area contributed by atoms with Gasteiger partial charge < -0.3 is 14.8 Å². The van der Waals surface area contributed by atoms with Crippen molar-refractivity contribution in [1.82, 2.24) is 10.3 Å². The highest BCUT2D eigenvalue weighted by atomic mass is 16.3. The molecule has 2 atom stereocenters. The number of rotatable bonds is 5. The molecule has 0 saturated heterocycles. The molecule has 2 unspecified atom stereocenters. The van der Waals surface area contributed by atoms with Crippen molar-refractivity contribution < 1.29 is 9.52 Å². The highest BCUT2D eigenvalue weighted by Crippen LogP contribution is 2.24. The Hall–Kier alpha value is -1.65. The van der Waals surface area contributed by atoms with E-state index in [1.165, 1.54) is 18.4 Å². The molecule has 2 aromatic rings. The summed E-state index contributed by atoms with van der Waals surface area (Å²) in [5.41, 5.74) is 3.14. The van der Waals surface area contributed by atoms with Crippen LogP contribution >= 0.6 is 0 Å². The van der Waals surface area contributed by atoms with E-state index in [0.717, 1.165) is 24.1 Å². The van der Waals surface area contributed by atoms with Gasteiger partial charge in [0.1, 0.15) is 6.26 Å². The van der Waals surface area contributed by atoms with Crippen molar-refractivity contribution in [2.75, 3.05) is 6.61 Å². The van der Waals surface area contributed by atoms with Gasteiger partial charge in [-0.05, 0) is 37.8 Å². The number of aliphatic hydroxyl groups is 1. The molecule has 1 saturated carbocycles. The molecule has 0 amide bonds. The highest BCUT2D eigenvalue weighted by molar-refractivity contribution is 5.53. The van der Waals surface area contributed by atoms with Gasteiger partial charge in [-0.15, -0.1) is 0 Å². The topological polar surface area (TPSA) is 58.3 Å². The molecule has 0 bridgehead atoms. The molecule has 0 aliphatic heterocycles. The summed E-state index contributed by atoms with van der Waals surface area (Å²) < 4.78 is 5.58. The number of benzene rings is 1. The third-order valence-electron chi connectivity index (χ3n) is 4.54. The third kappa shape index (κ3) is 3.57. The zero-order valence-corrected chi connectivity index (χ0v) is 13.1. The fourth-order valence-corrected chi connectivity index (χ4v) is 3.15. The van der Waals surface area contributed by atoms with E-state index in [4.69, 9.17) is 4.42 Å². The number of nitrogens with one attached hydrogen (secondary N) is 1. The van der Waals surface area contributed by atoms with E-state index in [0.29, 0.717) is 24.4 Å². The van der Waals surface area contributed by atoms with E-state index >= 15 is 0 Å². The van der Waals surface area contributed by atoms with Crippen LogP contribution in [0.4, 0.5) is 0 Å². The standard InChI is InChI=1S/C18H24N2O2/c1-13-6-8-14(9-7-13)18-20-16(12-22-18)10-19-17-5-3-2-4-15(17)11-21/h6-9,12,15,17,19,21H,2-5,10-11H2,1H3. The Morgan fingerprint density at radius 1 is 1.23 bits per heavy atom. The molecule has 1 aliphatic carbocycles. The van der Waals surface area contributed by atoms with Crippen LogP contribution in [0.2, 0.25) is 0 Å². The molecule has 0 radical (unpaired) electrons. The lowest BCUT2D eigenvalue weighted by Crippen LogP contribution is -2.39. The second-order valence-electron chi connectivity index (χ2n) is 6.22. The van der Waals surface area contributed by atoms with Crippen LogP contribution in [0.25, 0.3) is 11.5 Å². The molecule has 3 rings (SSSR count). The SMILES string of the molecule is Cc1ccc(-c2nc(CNC3CCCCC3CO)co2)cc1. The average molecular weight is 300 g/mol. The molecule has 1 fully saturated rings. The molecule has 2 N–H and O–H groups in total. The summed E-state index contributed by atoms with van der Waals surface area (Å²) in [7, 11) is 0. The second-order valence-corrected chi connectivity index (χ2v) is 6.22. The van der Waals surface area contributed by atoms with Gasteiger partial charge in [0, 0.05) is 24.8 Å². The molecule has 4 heteroatoms. The molecule has 0 spiro atoms. The molecular formula is C18H24N2O2. The van der Waals surface area contributed by atoms with Crippen molar-refractivity contribution in [3.63, 3.8) is 0 Å². The van der Waals surface area contributed by atoms with E-state index in [1.54, 1.807) is 6.26 Å². The fraction of sp³-hybridized carbons (Fsp3) is 0.500. The van der Waals surface area contributed by atoms with Gasteiger partial charge in [-0.1, -0.05) is 30.5 Å². The van der Waals surface area contributed by atoms with Crippen LogP contribution in [-0.2, 0) is 6.54 Å². The molecular weight excluding hydrogens is 276 g/mol. The van der Waals surface area contributed by atoms with Crippen LogP contribution in [-0.4, -0.2) is 22.7 Å². The molecule has 1 aromatic carbocycles. The Morgan fingerprint density at radius 2 is 2.00 bits per heavy atom. The maximum absolute atomic E-state index is 9.46. The molecule has 1 aromatic heterocycles. The van der Waals surface area contributed by atoms with E-state index in [-0.39, 0.29) is 6.61 Å². The van der Waals surface area contributed by atoms with E-state index in [9.17, 15) is 5.11 Å². The van der Waals surface area contributed by atoms with E-state index in [1.807, 2.05) is 12.1 Å². The Bertz CT molecular complexity index is 591. The number of aliphatic hydroxyl groups excluding tert-OH is 1. The first-order valence-corrected chi connectivity index (χ1v) is 8.12. The third-order valence-corrected chi connectivity index (χ3v) is 4.54. The van der Waals surface area contributed by atoms with E-state index in [2.05, 4.69) is 29.4 Å². The second kappa shape index (κ2) is 7.07. The van der Waals surface area contributed by atoms with Gasteiger partial charge in [-0.2, -0.15) is 0 Å². The zero-order chi connectivity index (χ0) is 15.4. The van der Waals surface area contributed by atoms with Crippen LogP contribution in [0.15, 0.2) is 34.9 Å². The Balaban J connectivity index is 1.60. The van der Waals surface area contributed by atoms with Crippen LogP contribution < -0.4 is 5.32 Å². The van der Waals surface area contributed by atoms with Crippen molar-refractivity contribution in [3.8, 4) is 11.5 Å². The summed E-state index contributed by atoms with van der Waals surface area (Å²) in [6.45, 7) is 3.03. The van der Waals surface area contributed by atoms with Crippen LogP contribution in [0.3, 0.4) is 0 Å². The number of oxazole rings is 1. The maximum atomic E-state index is 9.46. The summed E-state index contributed by atoms with van der Waals surface area (Å²) >= 11 is 0. The molecule has 1 aliphatic rings. The number of hydrogen-bond donors (Lipinski definition) is 2. The molecule has 118 valence electrons. The minimum absolute atomic E-state index is 0.269. The Morgan fingerprint density at radius 3 is 2.77 bits per heavy atom. The van der Waals surface area contributed by atoms with Gasteiger partial charge in [0.05, 0.1) is 5.69 Å². The summed E-state index contributed by atoms with van der Waals surface area (Å²) in [4.78, 5) is 4.55. The summed E-state index contributed by atoms with van der Waals surface area (Å²) in [6.07, 6.45) is 6.43. The number of aryl methyl sites for hydroxylation is 1. The lowest BCUT2D eigenvalue weighted by atomic mass is 9.85. The van der Waals surface area contributed by atoms with Gasteiger partial charge in [-0.25, -0.2) is 4.98 Å². The first-order valence-electron chi connectivity index (χ1n) is 8.12. The molecule has 22 heavy (non-hydrogen) atoms. The highest BCUT2D eigenvalue weighted by Gasteiger charge is 2.24. The number of hydrogen-bond acceptors (Lipinski definition) is 4. The smallest absolute Gasteiger partial charge is 0.226 e. The van der Waals surface area contributed by atoms with Gasteiger partial charge in [0.15, 0.2) is 0 Å². The predicted octanol–water partition coefficient (Wildman–Crippen LogP) is 3.29. The lowest BCUT2D eigenvalue weighted by molar-refractivity contribution is 0.152. The average Bonchev–Trinajstić information content (AvgIpc) is 3.03. The minimum Gasteiger partial charge on any atom is -0.444 e. The fourth-order valence-electron chi connectivity index (χ4n) is 3.15. The van der Waals surface area contributed by atoms with Gasteiger partial charge in [0.25, 0.3) is 0 Å². The number of nitrogens with zero attached hydrogens (tertiary/aromatic N) is 1. The summed E-state index contributed by atoms with van der Waals surface area (Å²) in [5.74, 6) is 1.04. The molecule has 1 heterocycles. The van der Waals surface area contributed by atoms with Crippen molar-refractivity contribution >= 4 is 0 Å². The van der Waals surface area contributed by atoms with Crippen molar-refractivity contribution in [1.29, 1.82) is 0 Å². The van der Waals surface area contributed by atoms with Gasteiger partial charge in [0.2, 0.25) is 5.89 Å². The van der Waals surface area contributed by atoms with E-state index < -0.39 is 0 Å². The maximum Gasteiger partial charge on any atom is 0.226 e. The van der Waals surface area contributed by atoms with Gasteiger partial charge >= 0.3 is 0 Å². The molecule has 4 nitrogen and oxygen atoms in total. The summed E-state index contributed by atoms with van der Waals surface area (Å²) in [6, 6.07) is 8.57. The first kappa shape index (κ1) is 15.3. The first-order chi connectivity index (χ1) is 10.8. The minimum atomic E-state index is 0.269. The Labute approximate surface area is 131 Å². The normalized spacial score (nSPS) is 21.9. The lowest BCUT2D eigenvalue weighted by Gasteiger charge is -2.30. The van der Waals surface area contributed by atoms with Crippen molar-refractivity contribution in [2.24, 2.45) is 5.92 Å². The number of aromatic nitrogens is 1. The quantitative estimate of drug-likeness (QED) is 0.889. The van der Waals surface area contributed by atoms with Crippen molar-refractivity contribution in [2.45, 2.75) is 45.2 Å². The summed E-state index contributed by atoms with van der Waals surface area (Å²) in [5, 5.41) is 13.0. The van der Waals surface area contributed by atoms with Crippen molar-refractivity contribution in [3.05, 3.63) is 41.8 Å². The predicted molar refractivity (Wildman–Crippen MR) is 86.3 cm³/mol. The monoisotopic (exact) mass is 300 g/mol. The zero-order valence-electron chi connectivity index (χ0n) is 13.1. The Kier molecular flexibility index (Phi) is 4.90. The van der Waals surface area contributed by atoms with Gasteiger partial charge in [-0.3, -0.25) is 0 Å².